The molecule has 1 fully saturated rings. The Balaban J connectivity index is 2.28. The first-order chi connectivity index (χ1) is 11.5. The molecule has 6 heteroatoms. The number of aliphatic carboxylic acids is 1. The molecule has 0 radical (unpaired) electrons. The number of carboxylic acid groups (broad SMARTS) is 1. The second-order valence-corrected chi connectivity index (χ2v) is 7.75. The Morgan fingerprint density at radius 3 is 2.44 bits per heavy atom. The molecule has 1 saturated heterocycles. The van der Waals surface area contributed by atoms with Crippen molar-refractivity contribution in [3.8, 4) is 0 Å². The molecule has 0 spiro atoms. The topological polar surface area (TPSA) is 66.8 Å². The first-order valence-electron chi connectivity index (χ1n) is 8.53. The highest BCUT2D eigenvalue weighted by atomic mass is 19.1. The Morgan fingerprint density at radius 1 is 1.36 bits per heavy atom. The average Bonchev–Trinajstić information content (AvgIpc) is 2.52. The van der Waals surface area contributed by atoms with Gasteiger partial charge in [0.25, 0.3) is 0 Å². The van der Waals surface area contributed by atoms with Crippen molar-refractivity contribution >= 4 is 12.1 Å². The van der Waals surface area contributed by atoms with Crippen LogP contribution in [0.4, 0.5) is 9.18 Å². The molecule has 5 nitrogen and oxygen atoms in total. The van der Waals surface area contributed by atoms with Gasteiger partial charge in [0, 0.05) is 31.8 Å². The lowest BCUT2D eigenvalue weighted by atomic mass is 9.82. The van der Waals surface area contributed by atoms with E-state index in [1.807, 2.05) is 6.92 Å². The van der Waals surface area contributed by atoms with Gasteiger partial charge in [-0.15, -0.1) is 0 Å². The van der Waals surface area contributed by atoms with E-state index in [1.165, 1.54) is 12.1 Å². The molecule has 1 aromatic rings. The van der Waals surface area contributed by atoms with Crippen LogP contribution in [-0.2, 0) is 15.1 Å². The Kier molecular flexibility index (Phi) is 5.40. The predicted molar refractivity (Wildman–Crippen MR) is 91.7 cm³/mol. The van der Waals surface area contributed by atoms with Gasteiger partial charge in [-0.05, 0) is 30.0 Å². The maximum Gasteiger partial charge on any atom is 0.410 e. The minimum Gasteiger partial charge on any atom is -0.481 e. The van der Waals surface area contributed by atoms with Gasteiger partial charge in [-0.3, -0.25) is 4.79 Å². The number of hydrogen-bond acceptors (Lipinski definition) is 3. The average molecular weight is 351 g/mol. The summed E-state index contributed by atoms with van der Waals surface area (Å²) < 4.78 is 19.0. The summed E-state index contributed by atoms with van der Waals surface area (Å²) in [7, 11) is 0. The van der Waals surface area contributed by atoms with E-state index in [1.54, 1.807) is 17.0 Å². The van der Waals surface area contributed by atoms with Crippen molar-refractivity contribution in [1.82, 2.24) is 4.90 Å². The van der Waals surface area contributed by atoms with Crippen LogP contribution in [-0.4, -0.2) is 34.7 Å². The number of carbonyl (C=O) groups is 2. The first kappa shape index (κ1) is 19.2. The number of ether oxygens (including phenoxy) is 1. The summed E-state index contributed by atoms with van der Waals surface area (Å²) in [6.07, 6.45) is 0.0537. The van der Waals surface area contributed by atoms with Gasteiger partial charge in [0.05, 0.1) is 0 Å². The van der Waals surface area contributed by atoms with Crippen molar-refractivity contribution in [3.05, 3.63) is 35.6 Å². The molecule has 1 aliphatic rings. The number of carbonyl (C=O) groups excluding carboxylic acids is 1. The van der Waals surface area contributed by atoms with Crippen molar-refractivity contribution in [2.45, 2.75) is 58.6 Å². The molecule has 2 unspecified atom stereocenters. The molecule has 138 valence electrons. The van der Waals surface area contributed by atoms with Crippen molar-refractivity contribution in [3.63, 3.8) is 0 Å². The van der Waals surface area contributed by atoms with Crippen molar-refractivity contribution in [2.75, 3.05) is 6.54 Å². The van der Waals surface area contributed by atoms with E-state index in [-0.39, 0.29) is 30.1 Å². The monoisotopic (exact) mass is 351 g/mol. The number of rotatable bonds is 5. The fourth-order valence-electron chi connectivity index (χ4n) is 3.07. The second-order valence-electron chi connectivity index (χ2n) is 7.75. The minimum atomic E-state index is -1.03. The van der Waals surface area contributed by atoms with E-state index in [0.29, 0.717) is 18.5 Å². The van der Waals surface area contributed by atoms with E-state index in [9.17, 15) is 14.0 Å². The Labute approximate surface area is 147 Å². The van der Waals surface area contributed by atoms with Gasteiger partial charge in [0.2, 0.25) is 0 Å². The molecule has 2 atom stereocenters. The summed E-state index contributed by atoms with van der Waals surface area (Å²) in [6, 6.07) is 5.71. The molecule has 1 N–H and O–H groups in total. The Hall–Kier alpha value is -2.11. The maximum atomic E-state index is 13.3. The van der Waals surface area contributed by atoms with Gasteiger partial charge in [-0.1, -0.05) is 32.9 Å². The lowest BCUT2D eigenvalue weighted by Crippen LogP contribution is -2.54. The molecule has 0 aromatic heterocycles. The molecule has 0 bridgehead atoms. The first-order valence-corrected chi connectivity index (χ1v) is 8.53. The van der Waals surface area contributed by atoms with Gasteiger partial charge < -0.3 is 14.7 Å². The highest BCUT2D eigenvalue weighted by molar-refractivity contribution is 5.70. The summed E-state index contributed by atoms with van der Waals surface area (Å²) in [6.45, 7) is 8.60. The highest BCUT2D eigenvalue weighted by Crippen LogP contribution is 2.40. The van der Waals surface area contributed by atoms with Crippen molar-refractivity contribution in [2.24, 2.45) is 5.41 Å². The molecule has 1 heterocycles. The third-order valence-electron chi connectivity index (χ3n) is 5.11. The summed E-state index contributed by atoms with van der Waals surface area (Å²) in [5, 5.41) is 9.05. The molecule has 1 amide bonds. The van der Waals surface area contributed by atoms with E-state index in [4.69, 9.17) is 9.84 Å². The summed E-state index contributed by atoms with van der Waals surface area (Å²) >= 11 is 0. The quantitative estimate of drug-likeness (QED) is 0.865. The zero-order valence-electron chi connectivity index (χ0n) is 15.2. The van der Waals surface area contributed by atoms with Crippen LogP contribution in [0.15, 0.2) is 24.3 Å². The lowest BCUT2D eigenvalue weighted by molar-refractivity contribution is -0.140. The van der Waals surface area contributed by atoms with Crippen LogP contribution in [0, 0.1) is 11.2 Å². The number of nitrogens with zero attached hydrogens (tertiary/aromatic N) is 1. The number of cyclic esters (lactones) is 1. The smallest absolute Gasteiger partial charge is 0.410 e. The van der Waals surface area contributed by atoms with Crippen molar-refractivity contribution < 1.29 is 23.8 Å². The van der Waals surface area contributed by atoms with E-state index < -0.39 is 17.7 Å². The number of halogens is 1. The Bertz CT molecular complexity index is 638. The fraction of sp³-hybridized carbons (Fsp3) is 0.579. The second kappa shape index (κ2) is 7.02. The molecular weight excluding hydrogens is 325 g/mol. The van der Waals surface area contributed by atoms with E-state index in [2.05, 4.69) is 20.8 Å². The molecule has 1 aromatic carbocycles. The zero-order chi connectivity index (χ0) is 18.8. The fourth-order valence-corrected chi connectivity index (χ4v) is 3.07. The van der Waals surface area contributed by atoms with Crippen LogP contribution in [0.5, 0.6) is 0 Å². The van der Waals surface area contributed by atoms with Crippen LogP contribution < -0.4 is 0 Å². The molecule has 25 heavy (non-hydrogen) atoms. The largest absolute Gasteiger partial charge is 0.481 e. The lowest BCUT2D eigenvalue weighted by Gasteiger charge is -2.46. The van der Waals surface area contributed by atoms with Crippen molar-refractivity contribution in [1.29, 1.82) is 0 Å². The third-order valence-corrected chi connectivity index (χ3v) is 5.11. The van der Waals surface area contributed by atoms with Gasteiger partial charge in [-0.25, -0.2) is 9.18 Å². The van der Waals surface area contributed by atoms with Gasteiger partial charge in [0.15, 0.2) is 0 Å². The zero-order valence-corrected chi connectivity index (χ0v) is 15.2. The summed E-state index contributed by atoms with van der Waals surface area (Å²) in [5.74, 6) is -1.34. The van der Waals surface area contributed by atoms with Crippen LogP contribution in [0.25, 0.3) is 0 Å². The van der Waals surface area contributed by atoms with Crippen LogP contribution in [0.2, 0.25) is 0 Å². The third kappa shape index (κ3) is 4.30. The number of benzene rings is 1. The summed E-state index contributed by atoms with van der Waals surface area (Å²) in [5.41, 5.74) is -0.501. The molecule has 2 rings (SSSR count). The SMILES string of the molecule is CC(N1CCC(CCC(=O)O)(c2ccc(F)cc2)OC1=O)C(C)(C)C. The van der Waals surface area contributed by atoms with E-state index in [0.717, 1.165) is 0 Å². The highest BCUT2D eigenvalue weighted by Gasteiger charge is 2.45. The van der Waals surface area contributed by atoms with Gasteiger partial charge >= 0.3 is 12.1 Å². The predicted octanol–water partition coefficient (Wildman–Crippen LogP) is 4.16. The standard InChI is InChI=1S/C19H26FNO4/c1-13(18(2,3)4)21-12-11-19(25-17(21)24,10-9-16(22)23)14-5-7-15(20)8-6-14/h5-8,13H,9-12H2,1-4H3,(H,22,23). The minimum absolute atomic E-state index is 0.0225. The maximum absolute atomic E-state index is 13.3. The Morgan fingerprint density at radius 2 is 1.96 bits per heavy atom. The van der Waals surface area contributed by atoms with Gasteiger partial charge in [0.1, 0.15) is 11.4 Å². The molecule has 0 saturated carbocycles. The molecule has 0 aliphatic carbocycles. The number of carboxylic acids is 1. The molecular formula is C19H26FNO4. The normalized spacial score (nSPS) is 22.4. The van der Waals surface area contributed by atoms with Crippen LogP contribution >= 0.6 is 0 Å². The number of amides is 1. The molecule has 1 aliphatic heterocycles. The summed E-state index contributed by atoms with van der Waals surface area (Å²) in [4.78, 5) is 25.4. The van der Waals surface area contributed by atoms with Gasteiger partial charge in [-0.2, -0.15) is 0 Å². The van der Waals surface area contributed by atoms with E-state index >= 15 is 0 Å². The van der Waals surface area contributed by atoms with Crippen LogP contribution in [0.3, 0.4) is 0 Å². The van der Waals surface area contributed by atoms with Crippen LogP contribution in [0.1, 0.15) is 52.5 Å². The number of hydrogen-bond donors (Lipinski definition) is 1.